The first-order valence-corrected chi connectivity index (χ1v) is 9.83. The molecule has 4 rings (SSSR count). The van der Waals surface area contributed by atoms with E-state index in [1.54, 1.807) is 11.8 Å². The monoisotopic (exact) mass is 406 g/mol. The van der Waals surface area contributed by atoms with E-state index in [1.807, 2.05) is 0 Å². The minimum absolute atomic E-state index is 0.0101. The van der Waals surface area contributed by atoms with E-state index in [4.69, 9.17) is 11.5 Å². The lowest BCUT2D eigenvalue weighted by Gasteiger charge is -2.24. The molecule has 2 atom stereocenters. The molecule has 2 aromatic rings. The van der Waals surface area contributed by atoms with Gasteiger partial charge in [0.2, 0.25) is 5.43 Å². The predicted molar refractivity (Wildman–Crippen MR) is 106 cm³/mol. The quantitative estimate of drug-likeness (QED) is 0.656. The highest BCUT2D eigenvalue weighted by molar-refractivity contribution is 5.99. The highest BCUT2D eigenvalue weighted by Crippen LogP contribution is 2.41. The van der Waals surface area contributed by atoms with Gasteiger partial charge in [0, 0.05) is 31.9 Å². The van der Waals surface area contributed by atoms with Crippen molar-refractivity contribution in [2.45, 2.75) is 38.8 Å². The van der Waals surface area contributed by atoms with Crippen LogP contribution >= 0.6 is 0 Å². The second-order valence-electron chi connectivity index (χ2n) is 7.99. The van der Waals surface area contributed by atoms with Crippen molar-refractivity contribution in [1.82, 2.24) is 4.57 Å². The lowest BCUT2D eigenvalue weighted by Crippen LogP contribution is -2.34. The minimum atomic E-state index is -1.47. The third-order valence-corrected chi connectivity index (χ3v) is 6.23. The molecule has 1 aromatic carbocycles. The average Bonchev–Trinajstić information content (AvgIpc) is 3.43. The molecule has 1 aliphatic heterocycles. The van der Waals surface area contributed by atoms with E-state index in [0.717, 1.165) is 25.5 Å². The molecule has 156 valence electrons. The second kappa shape index (κ2) is 6.98. The summed E-state index contributed by atoms with van der Waals surface area (Å²) in [6.45, 7) is 2.72. The number of nitrogens with two attached hydrogens (primary N) is 2. The average molecular weight is 406 g/mol. The molecule has 1 aliphatic carbocycles. The molecule has 29 heavy (non-hydrogen) atoms. The molecule has 1 saturated heterocycles. The zero-order chi connectivity index (χ0) is 21.0. The Morgan fingerprint density at radius 1 is 1.28 bits per heavy atom. The summed E-state index contributed by atoms with van der Waals surface area (Å²) >= 11 is 0. The Kier molecular flexibility index (Phi) is 4.72. The number of nitrogen functional groups attached to an aromatic ring is 1. The zero-order valence-corrected chi connectivity index (χ0v) is 16.1. The first-order chi connectivity index (χ1) is 13.8. The first kappa shape index (κ1) is 19.6. The molecule has 2 unspecified atom stereocenters. The lowest BCUT2D eigenvalue weighted by atomic mass is 9.96. The summed E-state index contributed by atoms with van der Waals surface area (Å²) in [6, 6.07) is 0.0101. The standard InChI is InChI=1S/C20H24F2N4O3/c1-2-25-8-11(20(28)29)19(27)12-16(24)13(21)18(14(22)17(12)25)26-6-5-10(7-26)15(23)9-3-4-9/h8-10,15H,2-7,23-24H2,1H3,(H,28,29). The molecular formula is C20H24F2N4O3. The van der Waals surface area contributed by atoms with Gasteiger partial charge in [0.1, 0.15) is 11.3 Å². The van der Waals surface area contributed by atoms with E-state index in [0.29, 0.717) is 19.0 Å². The molecule has 1 aromatic heterocycles. The van der Waals surface area contributed by atoms with Gasteiger partial charge in [-0.1, -0.05) is 0 Å². The fourth-order valence-corrected chi connectivity index (χ4v) is 4.45. The molecule has 5 N–H and O–H groups in total. The summed E-state index contributed by atoms with van der Waals surface area (Å²) in [7, 11) is 0. The van der Waals surface area contributed by atoms with Crippen molar-refractivity contribution in [2.75, 3.05) is 23.7 Å². The van der Waals surface area contributed by atoms with Crippen LogP contribution in [0.2, 0.25) is 0 Å². The number of benzene rings is 1. The Bertz CT molecular complexity index is 1060. The van der Waals surface area contributed by atoms with Gasteiger partial charge in [-0.2, -0.15) is 0 Å². The van der Waals surface area contributed by atoms with E-state index in [9.17, 15) is 14.7 Å². The number of rotatable bonds is 5. The number of carboxylic acid groups (broad SMARTS) is 1. The third-order valence-electron chi connectivity index (χ3n) is 6.23. The Hall–Kier alpha value is -2.68. The van der Waals surface area contributed by atoms with Crippen LogP contribution in [0, 0.1) is 23.5 Å². The SMILES string of the molecule is CCn1cc(C(=O)O)c(=O)c2c(N)c(F)c(N3CCC(C(N)C4CC4)C3)c(F)c21. The number of hydrogen-bond acceptors (Lipinski definition) is 5. The van der Waals surface area contributed by atoms with Crippen LogP contribution in [0.4, 0.5) is 20.2 Å². The Morgan fingerprint density at radius 3 is 2.55 bits per heavy atom. The van der Waals surface area contributed by atoms with E-state index < -0.39 is 39.7 Å². The molecule has 0 spiro atoms. The van der Waals surface area contributed by atoms with Gasteiger partial charge < -0.3 is 26.0 Å². The molecule has 2 fully saturated rings. The van der Waals surface area contributed by atoms with Gasteiger partial charge in [0.25, 0.3) is 0 Å². The molecule has 0 radical (unpaired) electrons. The summed E-state index contributed by atoms with van der Waals surface area (Å²) in [6.07, 6.45) is 4.00. The summed E-state index contributed by atoms with van der Waals surface area (Å²) in [5, 5.41) is 8.84. The summed E-state index contributed by atoms with van der Waals surface area (Å²) in [4.78, 5) is 25.6. The number of aryl methyl sites for hydroxylation is 1. The third kappa shape index (κ3) is 3.04. The Balaban J connectivity index is 1.87. The van der Waals surface area contributed by atoms with Crippen molar-refractivity contribution < 1.29 is 18.7 Å². The van der Waals surface area contributed by atoms with Crippen LogP contribution in [0.25, 0.3) is 10.9 Å². The maximum Gasteiger partial charge on any atom is 0.341 e. The van der Waals surface area contributed by atoms with Crippen LogP contribution in [0.1, 0.15) is 36.5 Å². The van der Waals surface area contributed by atoms with Gasteiger partial charge in [-0.3, -0.25) is 4.79 Å². The molecule has 2 heterocycles. The van der Waals surface area contributed by atoms with Crippen molar-refractivity contribution in [2.24, 2.45) is 17.6 Å². The van der Waals surface area contributed by atoms with E-state index >= 15 is 8.78 Å². The van der Waals surface area contributed by atoms with Crippen LogP contribution in [0.5, 0.6) is 0 Å². The van der Waals surface area contributed by atoms with Crippen molar-refractivity contribution in [3.63, 3.8) is 0 Å². The lowest BCUT2D eigenvalue weighted by molar-refractivity contribution is 0.0695. The molecular weight excluding hydrogens is 382 g/mol. The summed E-state index contributed by atoms with van der Waals surface area (Å²) < 4.78 is 32.0. The molecule has 1 saturated carbocycles. The predicted octanol–water partition coefficient (Wildman–Crippen LogP) is 2.14. The summed E-state index contributed by atoms with van der Waals surface area (Å²) in [5.41, 5.74) is 9.65. The number of anilines is 2. The smallest absolute Gasteiger partial charge is 0.341 e. The number of carboxylic acids is 1. The van der Waals surface area contributed by atoms with Crippen LogP contribution in [-0.2, 0) is 6.54 Å². The Labute approximate surface area is 165 Å². The number of nitrogens with zero attached hydrogens (tertiary/aromatic N) is 2. The minimum Gasteiger partial charge on any atom is -0.477 e. The molecule has 2 aliphatic rings. The number of aromatic carboxylic acids is 1. The van der Waals surface area contributed by atoms with Gasteiger partial charge in [-0.15, -0.1) is 0 Å². The van der Waals surface area contributed by atoms with Crippen LogP contribution < -0.4 is 21.8 Å². The fraction of sp³-hybridized carbons (Fsp3) is 0.500. The maximum absolute atomic E-state index is 15.5. The van der Waals surface area contributed by atoms with Crippen LogP contribution in [-0.4, -0.2) is 34.8 Å². The molecule has 0 bridgehead atoms. The Morgan fingerprint density at radius 2 is 1.97 bits per heavy atom. The van der Waals surface area contributed by atoms with Gasteiger partial charge in [0.15, 0.2) is 11.6 Å². The van der Waals surface area contributed by atoms with Crippen molar-refractivity contribution >= 4 is 28.2 Å². The van der Waals surface area contributed by atoms with Crippen molar-refractivity contribution in [3.05, 3.63) is 33.6 Å². The van der Waals surface area contributed by atoms with E-state index in [1.165, 1.54) is 4.57 Å². The molecule has 7 nitrogen and oxygen atoms in total. The molecule has 9 heteroatoms. The number of halogens is 2. The normalized spacial score (nSPS) is 20.4. The first-order valence-electron chi connectivity index (χ1n) is 9.83. The van der Waals surface area contributed by atoms with Gasteiger partial charge >= 0.3 is 5.97 Å². The van der Waals surface area contributed by atoms with Gasteiger partial charge in [-0.05, 0) is 38.0 Å². The largest absolute Gasteiger partial charge is 0.477 e. The van der Waals surface area contributed by atoms with Crippen molar-refractivity contribution in [1.29, 1.82) is 0 Å². The van der Waals surface area contributed by atoms with E-state index in [-0.39, 0.29) is 29.7 Å². The van der Waals surface area contributed by atoms with Gasteiger partial charge in [0.05, 0.1) is 16.6 Å². The highest BCUT2D eigenvalue weighted by Gasteiger charge is 2.39. The number of aromatic nitrogens is 1. The van der Waals surface area contributed by atoms with E-state index in [2.05, 4.69) is 0 Å². The zero-order valence-electron chi connectivity index (χ0n) is 16.1. The number of pyridine rings is 1. The molecule has 0 amide bonds. The van der Waals surface area contributed by atoms with Crippen LogP contribution in [0.3, 0.4) is 0 Å². The fourth-order valence-electron chi connectivity index (χ4n) is 4.45. The van der Waals surface area contributed by atoms with Crippen molar-refractivity contribution in [3.8, 4) is 0 Å². The second-order valence-corrected chi connectivity index (χ2v) is 7.99. The number of carbonyl (C=O) groups is 1. The topological polar surface area (TPSA) is 115 Å². The van der Waals surface area contributed by atoms with Gasteiger partial charge in [-0.25, -0.2) is 13.6 Å². The number of fused-ring (bicyclic) bond motifs is 1. The number of hydrogen-bond donors (Lipinski definition) is 3. The highest BCUT2D eigenvalue weighted by atomic mass is 19.1. The maximum atomic E-state index is 15.5. The summed E-state index contributed by atoms with van der Waals surface area (Å²) in [5.74, 6) is -2.78. The van der Waals surface area contributed by atoms with Crippen LogP contribution in [0.15, 0.2) is 11.0 Å².